The molecule has 2 N–H and O–H groups in total. The second-order valence-electron chi connectivity index (χ2n) is 5.48. The minimum absolute atomic E-state index is 0.434. The van der Waals surface area contributed by atoms with Crippen molar-refractivity contribution in [3.8, 4) is 0 Å². The normalized spacial score (nSPS) is 12.3. The molecule has 0 aliphatic heterocycles. The molecule has 0 radical (unpaired) electrons. The second kappa shape index (κ2) is 9.04. The van der Waals surface area contributed by atoms with E-state index < -0.39 is 11.7 Å². The van der Waals surface area contributed by atoms with Gasteiger partial charge in [0.25, 0.3) is 0 Å². The lowest BCUT2D eigenvalue weighted by molar-refractivity contribution is 0.0530. The summed E-state index contributed by atoms with van der Waals surface area (Å²) in [6, 6.07) is 0. The van der Waals surface area contributed by atoms with Crippen molar-refractivity contribution in [3.05, 3.63) is 23.3 Å². The van der Waals surface area contributed by atoms with Crippen LogP contribution in [0.5, 0.6) is 0 Å². The van der Waals surface area contributed by atoms with Crippen LogP contribution in [0.25, 0.3) is 0 Å². The van der Waals surface area contributed by atoms with Gasteiger partial charge in [0, 0.05) is 19.3 Å². The molecule has 1 aromatic heterocycles. The van der Waals surface area contributed by atoms with Gasteiger partial charge in [-0.25, -0.2) is 19.8 Å². The molecule has 1 rings (SSSR count). The largest absolute Gasteiger partial charge is 0.444 e. The summed E-state index contributed by atoms with van der Waals surface area (Å²) in [4.78, 5) is 24.6. The van der Waals surface area contributed by atoms with Crippen LogP contribution in [0.3, 0.4) is 0 Å². The molecular formula is C15H23N5O2S. The molecule has 8 heteroatoms. The molecule has 0 aliphatic rings. The molecule has 0 unspecified atom stereocenters. The van der Waals surface area contributed by atoms with Crippen LogP contribution in [0.2, 0.25) is 0 Å². The standard InChI is InChI=1S/C15H23N5O2S/c1-6-7-17-12(16-5)11-10-20-13(23-11)18-8-9-19-14(21)22-15(2,3)4/h6-7,10H,5,8-9H2,1-4H3,(H,18,20)(H,19,21)/b7-6-,17-12?. The van der Waals surface area contributed by atoms with E-state index in [4.69, 9.17) is 4.74 Å². The van der Waals surface area contributed by atoms with Crippen LogP contribution in [0.4, 0.5) is 9.93 Å². The number of anilines is 1. The van der Waals surface area contributed by atoms with Crippen molar-refractivity contribution in [1.82, 2.24) is 10.3 Å². The van der Waals surface area contributed by atoms with Crippen LogP contribution >= 0.6 is 11.3 Å². The van der Waals surface area contributed by atoms with Crippen LogP contribution in [0, 0.1) is 0 Å². The maximum absolute atomic E-state index is 11.5. The number of rotatable bonds is 6. The molecule has 0 fully saturated rings. The van der Waals surface area contributed by atoms with Crippen LogP contribution in [0.15, 0.2) is 28.5 Å². The number of thiazole rings is 1. The second-order valence-corrected chi connectivity index (χ2v) is 6.51. The molecule has 0 aromatic carbocycles. The average Bonchev–Trinajstić information content (AvgIpc) is 2.91. The summed E-state index contributed by atoms with van der Waals surface area (Å²) >= 11 is 1.42. The topological polar surface area (TPSA) is 88.0 Å². The number of hydrogen-bond acceptors (Lipinski definition) is 6. The van der Waals surface area contributed by atoms with Crippen molar-refractivity contribution in [3.63, 3.8) is 0 Å². The number of carbonyl (C=O) groups is 1. The highest BCUT2D eigenvalue weighted by Crippen LogP contribution is 2.19. The van der Waals surface area contributed by atoms with Crippen LogP contribution in [0.1, 0.15) is 32.6 Å². The quantitative estimate of drug-likeness (QED) is 0.474. The average molecular weight is 337 g/mol. The van der Waals surface area contributed by atoms with Crippen molar-refractivity contribution in [2.75, 3.05) is 18.4 Å². The van der Waals surface area contributed by atoms with E-state index in [1.54, 1.807) is 12.4 Å². The van der Waals surface area contributed by atoms with Crippen LogP contribution in [-0.2, 0) is 4.74 Å². The summed E-state index contributed by atoms with van der Waals surface area (Å²) in [5, 5.41) is 6.52. The van der Waals surface area contributed by atoms with Gasteiger partial charge < -0.3 is 15.4 Å². The number of aliphatic imine (C=N–C) groups is 2. The molecule has 0 saturated heterocycles. The number of nitrogens with zero attached hydrogens (tertiary/aromatic N) is 3. The first-order valence-corrected chi connectivity index (χ1v) is 8.00. The monoisotopic (exact) mass is 337 g/mol. The molecular weight excluding hydrogens is 314 g/mol. The first-order chi connectivity index (χ1) is 10.9. The zero-order valence-corrected chi connectivity index (χ0v) is 14.7. The summed E-state index contributed by atoms with van der Waals surface area (Å²) < 4.78 is 5.15. The number of amidine groups is 1. The maximum atomic E-state index is 11.5. The summed E-state index contributed by atoms with van der Waals surface area (Å²) in [5.41, 5.74) is -0.498. The van der Waals surface area contributed by atoms with Crippen molar-refractivity contribution in [2.24, 2.45) is 9.98 Å². The molecule has 7 nitrogen and oxygen atoms in total. The fraction of sp³-hybridized carbons (Fsp3) is 0.467. The lowest BCUT2D eigenvalue weighted by Gasteiger charge is -2.19. The zero-order valence-electron chi connectivity index (χ0n) is 13.9. The number of alkyl carbamates (subject to hydrolysis) is 1. The number of allylic oxidation sites excluding steroid dienone is 1. The van der Waals surface area contributed by atoms with E-state index in [1.165, 1.54) is 11.3 Å². The first-order valence-electron chi connectivity index (χ1n) is 7.18. The predicted octanol–water partition coefficient (Wildman–Crippen LogP) is 3.06. The number of carbonyl (C=O) groups excluding carboxylic acids is 1. The maximum Gasteiger partial charge on any atom is 0.407 e. The third kappa shape index (κ3) is 7.55. The number of amides is 1. The van der Waals surface area contributed by atoms with Gasteiger partial charge >= 0.3 is 6.09 Å². The van der Waals surface area contributed by atoms with Gasteiger partial charge in [0.2, 0.25) is 0 Å². The van der Waals surface area contributed by atoms with Gasteiger partial charge in [-0.15, -0.1) is 0 Å². The molecule has 0 saturated carbocycles. The van der Waals surface area contributed by atoms with Gasteiger partial charge in [-0.2, -0.15) is 0 Å². The van der Waals surface area contributed by atoms with Gasteiger partial charge in [0.15, 0.2) is 11.0 Å². The minimum atomic E-state index is -0.498. The highest BCUT2D eigenvalue weighted by atomic mass is 32.1. The highest BCUT2D eigenvalue weighted by molar-refractivity contribution is 7.17. The smallest absolute Gasteiger partial charge is 0.407 e. The van der Waals surface area contributed by atoms with Gasteiger partial charge in [0.05, 0.1) is 11.1 Å². The Kier molecular flexibility index (Phi) is 7.40. The molecule has 0 atom stereocenters. The fourth-order valence-corrected chi connectivity index (χ4v) is 2.24. The summed E-state index contributed by atoms with van der Waals surface area (Å²) in [5.74, 6) is 0.528. The van der Waals surface area contributed by atoms with E-state index in [-0.39, 0.29) is 0 Å². The van der Waals surface area contributed by atoms with E-state index in [0.29, 0.717) is 18.9 Å². The molecule has 1 amide bonds. The Morgan fingerprint density at radius 2 is 2.22 bits per heavy atom. The van der Waals surface area contributed by atoms with Crippen molar-refractivity contribution in [2.45, 2.75) is 33.3 Å². The summed E-state index contributed by atoms with van der Waals surface area (Å²) in [6.45, 7) is 11.8. The Balaban J connectivity index is 2.43. The Bertz CT molecular complexity index is 587. The van der Waals surface area contributed by atoms with E-state index in [2.05, 4.69) is 32.3 Å². The van der Waals surface area contributed by atoms with Gasteiger partial charge in [-0.3, -0.25) is 0 Å². The van der Waals surface area contributed by atoms with E-state index in [0.717, 1.165) is 10.0 Å². The number of ether oxygens (including phenoxy) is 1. The van der Waals surface area contributed by atoms with Gasteiger partial charge in [-0.05, 0) is 34.4 Å². The Labute approximate surface area is 140 Å². The first kappa shape index (κ1) is 18.8. The van der Waals surface area contributed by atoms with Crippen molar-refractivity contribution >= 4 is 35.1 Å². The van der Waals surface area contributed by atoms with E-state index in [1.807, 2.05) is 33.8 Å². The lowest BCUT2D eigenvalue weighted by atomic mass is 10.2. The van der Waals surface area contributed by atoms with Crippen molar-refractivity contribution < 1.29 is 9.53 Å². The third-order valence-electron chi connectivity index (χ3n) is 2.29. The summed E-state index contributed by atoms with van der Waals surface area (Å²) in [6.07, 6.45) is 4.72. The molecule has 0 spiro atoms. The molecule has 23 heavy (non-hydrogen) atoms. The van der Waals surface area contributed by atoms with E-state index in [9.17, 15) is 4.79 Å². The lowest BCUT2D eigenvalue weighted by Crippen LogP contribution is -2.34. The molecule has 0 aliphatic carbocycles. The number of hydrogen-bond donors (Lipinski definition) is 2. The predicted molar refractivity (Wildman–Crippen MR) is 95.7 cm³/mol. The SMILES string of the molecule is C=NC(=N/C=C\C)c1cnc(NCCNC(=O)OC(C)(C)C)s1. The Morgan fingerprint density at radius 1 is 1.48 bits per heavy atom. The highest BCUT2D eigenvalue weighted by Gasteiger charge is 2.15. The van der Waals surface area contributed by atoms with Gasteiger partial charge in [-0.1, -0.05) is 17.4 Å². The number of aromatic nitrogens is 1. The Hall–Kier alpha value is -2.22. The molecule has 1 heterocycles. The molecule has 1 aromatic rings. The molecule has 126 valence electrons. The van der Waals surface area contributed by atoms with Crippen LogP contribution < -0.4 is 10.6 Å². The van der Waals surface area contributed by atoms with Crippen molar-refractivity contribution in [1.29, 1.82) is 0 Å². The minimum Gasteiger partial charge on any atom is -0.444 e. The van der Waals surface area contributed by atoms with E-state index >= 15 is 0 Å². The fourth-order valence-electron chi connectivity index (χ4n) is 1.43. The molecule has 0 bridgehead atoms. The Morgan fingerprint density at radius 3 is 2.83 bits per heavy atom. The third-order valence-corrected chi connectivity index (χ3v) is 3.24. The van der Waals surface area contributed by atoms with Crippen LogP contribution in [-0.4, -0.2) is 42.3 Å². The van der Waals surface area contributed by atoms with Gasteiger partial charge in [0.1, 0.15) is 5.60 Å². The summed E-state index contributed by atoms with van der Waals surface area (Å²) in [7, 11) is 0. The zero-order chi connectivity index (χ0) is 17.3. The number of nitrogens with one attached hydrogen (secondary N) is 2.